The fourth-order valence-electron chi connectivity index (χ4n) is 1.49. The molecule has 0 saturated carbocycles. The highest BCUT2D eigenvalue weighted by Gasteiger charge is 2.08. The average Bonchev–Trinajstić information content (AvgIpc) is 2.43. The van der Waals surface area contributed by atoms with Crippen LogP contribution in [0.3, 0.4) is 0 Å². The Bertz CT molecular complexity index is 679. The fraction of sp³-hybridized carbons (Fsp3) is 0.0714. The summed E-state index contributed by atoms with van der Waals surface area (Å²) in [5, 5.41) is 3.35. The van der Waals surface area contributed by atoms with Gasteiger partial charge in [0.05, 0.1) is 20.8 Å². The zero-order valence-electron chi connectivity index (χ0n) is 10.5. The van der Waals surface area contributed by atoms with Crippen LogP contribution in [0.5, 0.6) is 5.75 Å². The fourth-order valence-corrected chi connectivity index (χ4v) is 2.00. The van der Waals surface area contributed by atoms with E-state index in [4.69, 9.17) is 39.5 Å². The van der Waals surface area contributed by atoms with E-state index in [0.717, 1.165) is 6.07 Å². The Morgan fingerprint density at radius 1 is 1.05 bits per heavy atom. The molecule has 110 valence electrons. The van der Waals surface area contributed by atoms with E-state index in [9.17, 15) is 9.18 Å². The molecule has 2 rings (SSSR count). The lowest BCUT2D eigenvalue weighted by atomic mass is 10.3. The maximum absolute atomic E-state index is 12.9. The first-order chi connectivity index (χ1) is 9.95. The van der Waals surface area contributed by atoms with Crippen molar-refractivity contribution in [1.29, 1.82) is 0 Å². The molecule has 0 radical (unpaired) electrons. The van der Waals surface area contributed by atoms with Crippen molar-refractivity contribution in [2.45, 2.75) is 0 Å². The molecule has 0 aliphatic heterocycles. The Labute approximate surface area is 135 Å². The maximum Gasteiger partial charge on any atom is 0.262 e. The van der Waals surface area contributed by atoms with Crippen LogP contribution in [0.1, 0.15) is 0 Å². The first-order valence-electron chi connectivity index (χ1n) is 5.78. The summed E-state index contributed by atoms with van der Waals surface area (Å²) in [6.07, 6.45) is 0. The summed E-state index contributed by atoms with van der Waals surface area (Å²) in [5.74, 6) is -0.510. The van der Waals surface area contributed by atoms with Gasteiger partial charge in [0, 0.05) is 6.07 Å². The van der Waals surface area contributed by atoms with Gasteiger partial charge in [-0.2, -0.15) is 0 Å². The standard InChI is InChI=1S/C14H9Cl3FNO2/c15-10-3-2-9(6-11(10)16)21-7-14(20)19-13-4-1-8(18)5-12(13)17/h1-6H,7H2,(H,19,20). The third-order valence-electron chi connectivity index (χ3n) is 2.47. The summed E-state index contributed by atoms with van der Waals surface area (Å²) in [7, 11) is 0. The van der Waals surface area contributed by atoms with Crippen LogP contribution in [0.15, 0.2) is 36.4 Å². The van der Waals surface area contributed by atoms with E-state index >= 15 is 0 Å². The molecular formula is C14H9Cl3FNO2. The molecule has 21 heavy (non-hydrogen) atoms. The van der Waals surface area contributed by atoms with Crippen molar-refractivity contribution >= 4 is 46.4 Å². The summed E-state index contributed by atoms with van der Waals surface area (Å²) in [4.78, 5) is 11.7. The van der Waals surface area contributed by atoms with Gasteiger partial charge < -0.3 is 10.1 Å². The van der Waals surface area contributed by atoms with Crippen molar-refractivity contribution < 1.29 is 13.9 Å². The molecule has 2 aromatic carbocycles. The lowest BCUT2D eigenvalue weighted by Gasteiger charge is -2.09. The molecule has 7 heteroatoms. The highest BCUT2D eigenvalue weighted by Crippen LogP contribution is 2.26. The highest BCUT2D eigenvalue weighted by atomic mass is 35.5. The largest absolute Gasteiger partial charge is 0.484 e. The van der Waals surface area contributed by atoms with Crippen molar-refractivity contribution in [3.8, 4) is 5.75 Å². The normalized spacial score (nSPS) is 10.3. The van der Waals surface area contributed by atoms with Gasteiger partial charge >= 0.3 is 0 Å². The van der Waals surface area contributed by atoms with Crippen molar-refractivity contribution in [1.82, 2.24) is 0 Å². The third kappa shape index (κ3) is 4.49. The first-order valence-corrected chi connectivity index (χ1v) is 6.92. The number of halogens is 4. The molecule has 3 nitrogen and oxygen atoms in total. The van der Waals surface area contributed by atoms with E-state index in [1.807, 2.05) is 0 Å². The lowest BCUT2D eigenvalue weighted by Crippen LogP contribution is -2.20. The Hall–Kier alpha value is -1.49. The monoisotopic (exact) mass is 347 g/mol. The van der Waals surface area contributed by atoms with E-state index in [-0.39, 0.29) is 11.6 Å². The quantitative estimate of drug-likeness (QED) is 0.861. The molecule has 0 fully saturated rings. The maximum atomic E-state index is 12.9. The predicted molar refractivity (Wildman–Crippen MR) is 82.0 cm³/mol. The van der Waals surface area contributed by atoms with E-state index in [0.29, 0.717) is 21.5 Å². The minimum Gasteiger partial charge on any atom is -0.484 e. The number of nitrogens with one attached hydrogen (secondary N) is 1. The van der Waals surface area contributed by atoms with Crippen LogP contribution in [0.4, 0.5) is 10.1 Å². The predicted octanol–water partition coefficient (Wildman–Crippen LogP) is 4.80. The van der Waals surface area contributed by atoms with Crippen LogP contribution >= 0.6 is 34.8 Å². The minimum absolute atomic E-state index is 0.109. The second kappa shape index (κ2) is 6.98. The van der Waals surface area contributed by atoms with Gasteiger partial charge in [0.2, 0.25) is 0 Å². The molecule has 0 heterocycles. The second-order valence-electron chi connectivity index (χ2n) is 4.04. The van der Waals surface area contributed by atoms with Crippen LogP contribution in [0, 0.1) is 5.82 Å². The zero-order chi connectivity index (χ0) is 15.4. The highest BCUT2D eigenvalue weighted by molar-refractivity contribution is 6.42. The Morgan fingerprint density at radius 3 is 2.48 bits per heavy atom. The van der Waals surface area contributed by atoms with Crippen LogP contribution in [0.25, 0.3) is 0 Å². The smallest absolute Gasteiger partial charge is 0.262 e. The lowest BCUT2D eigenvalue weighted by molar-refractivity contribution is -0.118. The molecular weight excluding hydrogens is 340 g/mol. The van der Waals surface area contributed by atoms with Gasteiger partial charge in [-0.3, -0.25) is 4.79 Å². The Balaban J connectivity index is 1.94. The average molecular weight is 349 g/mol. The molecule has 0 aromatic heterocycles. The number of hydrogen-bond acceptors (Lipinski definition) is 2. The number of rotatable bonds is 4. The van der Waals surface area contributed by atoms with E-state index < -0.39 is 11.7 Å². The summed E-state index contributed by atoms with van der Waals surface area (Å²) in [5.41, 5.74) is 0.306. The number of carbonyl (C=O) groups is 1. The molecule has 0 bridgehead atoms. The van der Waals surface area contributed by atoms with Crippen LogP contribution in [-0.4, -0.2) is 12.5 Å². The van der Waals surface area contributed by atoms with Crippen molar-refractivity contribution in [3.63, 3.8) is 0 Å². The number of anilines is 1. The summed E-state index contributed by atoms with van der Waals surface area (Å²) >= 11 is 17.4. The molecule has 1 N–H and O–H groups in total. The number of amides is 1. The summed E-state index contributed by atoms with van der Waals surface area (Å²) < 4.78 is 18.1. The van der Waals surface area contributed by atoms with Gasteiger partial charge in [-0.25, -0.2) is 4.39 Å². The Kier molecular flexibility index (Phi) is 5.28. The molecule has 0 aliphatic carbocycles. The SMILES string of the molecule is O=C(COc1ccc(Cl)c(Cl)c1)Nc1ccc(F)cc1Cl. The molecule has 0 unspecified atom stereocenters. The van der Waals surface area contributed by atoms with Crippen molar-refractivity contribution in [2.24, 2.45) is 0 Å². The topological polar surface area (TPSA) is 38.3 Å². The van der Waals surface area contributed by atoms with Crippen molar-refractivity contribution in [3.05, 3.63) is 57.3 Å². The second-order valence-corrected chi connectivity index (χ2v) is 5.26. The summed E-state index contributed by atoms with van der Waals surface area (Å²) in [6.45, 7) is -0.244. The number of ether oxygens (including phenoxy) is 1. The van der Waals surface area contributed by atoms with Gasteiger partial charge in [-0.1, -0.05) is 34.8 Å². The minimum atomic E-state index is -0.481. The van der Waals surface area contributed by atoms with Crippen LogP contribution < -0.4 is 10.1 Å². The van der Waals surface area contributed by atoms with E-state index in [2.05, 4.69) is 5.32 Å². The van der Waals surface area contributed by atoms with Crippen LogP contribution in [0.2, 0.25) is 15.1 Å². The number of carbonyl (C=O) groups excluding carboxylic acids is 1. The van der Waals surface area contributed by atoms with Gasteiger partial charge in [-0.15, -0.1) is 0 Å². The third-order valence-corrected chi connectivity index (χ3v) is 3.52. The van der Waals surface area contributed by atoms with E-state index in [1.165, 1.54) is 18.2 Å². The molecule has 0 spiro atoms. The first kappa shape index (κ1) is 15.9. The molecule has 0 aliphatic rings. The van der Waals surface area contributed by atoms with Gasteiger partial charge in [0.25, 0.3) is 5.91 Å². The van der Waals surface area contributed by atoms with Gasteiger partial charge in [-0.05, 0) is 30.3 Å². The Morgan fingerprint density at radius 2 is 1.81 bits per heavy atom. The van der Waals surface area contributed by atoms with E-state index in [1.54, 1.807) is 12.1 Å². The van der Waals surface area contributed by atoms with Gasteiger partial charge in [0.1, 0.15) is 11.6 Å². The van der Waals surface area contributed by atoms with Gasteiger partial charge in [0.15, 0.2) is 6.61 Å². The molecule has 0 atom stereocenters. The number of hydrogen-bond donors (Lipinski definition) is 1. The molecule has 1 amide bonds. The molecule has 0 saturated heterocycles. The number of benzene rings is 2. The van der Waals surface area contributed by atoms with Crippen molar-refractivity contribution in [2.75, 3.05) is 11.9 Å². The zero-order valence-corrected chi connectivity index (χ0v) is 12.8. The van der Waals surface area contributed by atoms with Crippen LogP contribution in [-0.2, 0) is 4.79 Å². The molecule has 2 aromatic rings. The summed E-state index contributed by atoms with van der Waals surface area (Å²) in [6, 6.07) is 8.33.